The van der Waals surface area contributed by atoms with Gasteiger partial charge in [0.25, 0.3) is 0 Å². The number of carbonyl (C=O) groups is 2. The minimum Gasteiger partial charge on any atom is -0.379 e. The smallest absolute Gasteiger partial charge is 0.239 e. The van der Waals surface area contributed by atoms with Gasteiger partial charge in [-0.3, -0.25) is 14.5 Å². The predicted molar refractivity (Wildman–Crippen MR) is 175 cm³/mol. The Balaban J connectivity index is 1.42. The first kappa shape index (κ1) is 30.2. The average molecular weight is 682 g/mol. The summed E-state index contributed by atoms with van der Waals surface area (Å²) in [7, 11) is 0. The number of aromatic nitrogens is 1. The van der Waals surface area contributed by atoms with E-state index in [1.807, 2.05) is 84.8 Å². The van der Waals surface area contributed by atoms with Crippen LogP contribution in [-0.4, -0.2) is 70.7 Å². The molecule has 4 aromatic rings. The molecule has 2 atom stereocenters. The van der Waals surface area contributed by atoms with Crippen LogP contribution in [0.5, 0.6) is 0 Å². The molecule has 0 aliphatic carbocycles. The maximum atomic E-state index is 14.6. The molecule has 0 bridgehead atoms. The van der Waals surface area contributed by atoms with Crippen LogP contribution in [0, 0.1) is 6.92 Å². The Hall–Kier alpha value is -2.82. The monoisotopic (exact) mass is 680 g/mol. The van der Waals surface area contributed by atoms with E-state index in [1.165, 1.54) is 11.8 Å². The van der Waals surface area contributed by atoms with Crippen LogP contribution in [0.3, 0.4) is 0 Å². The zero-order valence-electron chi connectivity index (χ0n) is 23.9. The summed E-state index contributed by atoms with van der Waals surface area (Å²) in [5.74, 6) is -0.189. The number of aryl methyl sites for hydroxylation is 1. The minimum atomic E-state index is -1.11. The van der Waals surface area contributed by atoms with Crippen LogP contribution in [0.4, 0.5) is 0 Å². The Labute approximate surface area is 269 Å². The van der Waals surface area contributed by atoms with Gasteiger partial charge in [-0.05, 0) is 48.9 Å². The third kappa shape index (κ3) is 6.51. The standard InChI is InChI=1S/C33H34BrClN4O3S/c1-22-2-9-26(10-3-22)43-33(32(41)36-12-13-38-14-16-42-17-15-38)19-30(40)39(21-23-4-6-24(34)7-5-23)31(33)28-20-37-29-18-25(35)8-11-27(28)29/h2-11,18,20,31,37H,12-17,19,21H2,1H3,(H,36,41). The second-order valence-corrected chi connectivity index (χ2v) is 13.9. The molecular formula is C33H34BrClN4O3S. The van der Waals surface area contributed by atoms with Crippen molar-refractivity contribution in [3.8, 4) is 0 Å². The zero-order chi connectivity index (χ0) is 30.0. The Morgan fingerprint density at radius 1 is 1.12 bits per heavy atom. The molecule has 1 aromatic heterocycles. The second-order valence-electron chi connectivity index (χ2n) is 11.2. The molecule has 2 saturated heterocycles. The molecule has 6 rings (SSSR count). The summed E-state index contributed by atoms with van der Waals surface area (Å²) in [6, 6.07) is 21.3. The lowest BCUT2D eigenvalue weighted by Crippen LogP contribution is -2.50. The van der Waals surface area contributed by atoms with Gasteiger partial charge in [-0.25, -0.2) is 0 Å². The minimum absolute atomic E-state index is 0.0563. The number of carbonyl (C=O) groups excluding carboxylic acids is 2. The molecule has 43 heavy (non-hydrogen) atoms. The summed E-state index contributed by atoms with van der Waals surface area (Å²) < 4.78 is 5.35. The number of morpholine rings is 1. The third-order valence-electron chi connectivity index (χ3n) is 8.25. The van der Waals surface area contributed by atoms with Crippen molar-refractivity contribution < 1.29 is 14.3 Å². The molecule has 2 N–H and O–H groups in total. The quantitative estimate of drug-likeness (QED) is 0.216. The van der Waals surface area contributed by atoms with E-state index in [0.717, 1.165) is 56.6 Å². The first-order valence-corrected chi connectivity index (χ1v) is 16.5. The second kappa shape index (κ2) is 13.0. The lowest BCUT2D eigenvalue weighted by molar-refractivity contribution is -0.129. The number of halogens is 2. The summed E-state index contributed by atoms with van der Waals surface area (Å²) in [5, 5.41) is 4.81. The van der Waals surface area contributed by atoms with E-state index in [4.69, 9.17) is 16.3 Å². The number of nitrogens with one attached hydrogen (secondary N) is 2. The van der Waals surface area contributed by atoms with Gasteiger partial charge in [0, 0.05) is 69.8 Å². The molecule has 2 aliphatic rings. The van der Waals surface area contributed by atoms with Crippen LogP contribution in [0.1, 0.15) is 29.2 Å². The van der Waals surface area contributed by atoms with E-state index in [0.29, 0.717) is 31.3 Å². The van der Waals surface area contributed by atoms with Crippen molar-refractivity contribution in [2.75, 3.05) is 39.4 Å². The van der Waals surface area contributed by atoms with Crippen molar-refractivity contribution in [2.24, 2.45) is 0 Å². The predicted octanol–water partition coefficient (Wildman–Crippen LogP) is 6.35. The van der Waals surface area contributed by atoms with Gasteiger partial charge in [0.05, 0.1) is 25.7 Å². The molecule has 2 amide bonds. The summed E-state index contributed by atoms with van der Waals surface area (Å²) in [5.41, 5.74) is 3.90. The molecule has 10 heteroatoms. The van der Waals surface area contributed by atoms with Crippen molar-refractivity contribution in [2.45, 2.75) is 35.6 Å². The first-order chi connectivity index (χ1) is 20.8. The van der Waals surface area contributed by atoms with Crippen molar-refractivity contribution >= 4 is 62.0 Å². The van der Waals surface area contributed by atoms with E-state index in [1.54, 1.807) is 0 Å². The SMILES string of the molecule is Cc1ccc(SC2(C(=O)NCCN3CCOCC3)CC(=O)N(Cc3ccc(Br)cc3)C2c2c[nH]c3cc(Cl)ccc23)cc1. The van der Waals surface area contributed by atoms with Crippen LogP contribution in [0.15, 0.2) is 82.3 Å². The topological polar surface area (TPSA) is 77.7 Å². The van der Waals surface area contributed by atoms with Crippen LogP contribution >= 0.6 is 39.3 Å². The Morgan fingerprint density at radius 2 is 1.86 bits per heavy atom. The third-order valence-corrected chi connectivity index (χ3v) is 10.4. The molecule has 0 saturated carbocycles. The van der Waals surface area contributed by atoms with Crippen molar-refractivity contribution in [3.63, 3.8) is 0 Å². The van der Waals surface area contributed by atoms with Gasteiger partial charge < -0.3 is 19.9 Å². The molecule has 2 unspecified atom stereocenters. The largest absolute Gasteiger partial charge is 0.379 e. The van der Waals surface area contributed by atoms with Crippen LogP contribution in [-0.2, 0) is 20.9 Å². The van der Waals surface area contributed by atoms with Gasteiger partial charge in [0.2, 0.25) is 11.8 Å². The summed E-state index contributed by atoms with van der Waals surface area (Å²) in [6.45, 7) is 6.74. The van der Waals surface area contributed by atoms with E-state index in [9.17, 15) is 9.59 Å². The fraction of sp³-hybridized carbons (Fsp3) is 0.333. The number of ether oxygens (including phenoxy) is 1. The number of rotatable bonds is 9. The molecular weight excluding hydrogens is 648 g/mol. The highest BCUT2D eigenvalue weighted by molar-refractivity contribution is 9.10. The van der Waals surface area contributed by atoms with Gasteiger partial charge >= 0.3 is 0 Å². The number of aromatic amines is 1. The Kier molecular flexibility index (Phi) is 9.16. The maximum absolute atomic E-state index is 14.6. The Morgan fingerprint density at radius 3 is 2.60 bits per heavy atom. The van der Waals surface area contributed by atoms with Gasteiger partial charge in [0.1, 0.15) is 4.75 Å². The summed E-state index contributed by atoms with van der Waals surface area (Å²) in [4.78, 5) is 37.1. The molecule has 2 fully saturated rings. The number of hydrogen-bond acceptors (Lipinski definition) is 5. The fourth-order valence-corrected chi connectivity index (χ4v) is 7.87. The van der Waals surface area contributed by atoms with Crippen LogP contribution in [0.2, 0.25) is 5.02 Å². The number of hydrogen-bond donors (Lipinski definition) is 2. The van der Waals surface area contributed by atoms with E-state index in [-0.39, 0.29) is 18.2 Å². The lowest BCUT2D eigenvalue weighted by Gasteiger charge is -2.36. The number of fused-ring (bicyclic) bond motifs is 1. The number of amides is 2. The van der Waals surface area contributed by atoms with Gasteiger partial charge in [-0.1, -0.05) is 63.4 Å². The average Bonchev–Trinajstić information content (AvgIpc) is 3.53. The fourth-order valence-electron chi connectivity index (χ4n) is 6.01. The molecule has 2 aliphatic heterocycles. The lowest BCUT2D eigenvalue weighted by atomic mass is 9.91. The maximum Gasteiger partial charge on any atom is 0.239 e. The molecule has 0 spiro atoms. The number of thioether (sulfide) groups is 1. The van der Waals surface area contributed by atoms with Gasteiger partial charge in [-0.2, -0.15) is 0 Å². The summed E-state index contributed by atoms with van der Waals surface area (Å²) >= 11 is 11.3. The number of H-pyrrole nitrogens is 1. The highest BCUT2D eigenvalue weighted by atomic mass is 79.9. The van der Waals surface area contributed by atoms with E-state index >= 15 is 0 Å². The van der Waals surface area contributed by atoms with Crippen LogP contribution in [0.25, 0.3) is 10.9 Å². The van der Waals surface area contributed by atoms with Gasteiger partial charge in [-0.15, -0.1) is 11.8 Å². The molecule has 7 nitrogen and oxygen atoms in total. The molecule has 0 radical (unpaired) electrons. The number of nitrogens with zero attached hydrogens (tertiary/aromatic N) is 2. The molecule has 224 valence electrons. The summed E-state index contributed by atoms with van der Waals surface area (Å²) in [6.07, 6.45) is 2.01. The Bertz CT molecular complexity index is 1610. The van der Waals surface area contributed by atoms with Crippen LogP contribution < -0.4 is 5.32 Å². The zero-order valence-corrected chi connectivity index (χ0v) is 27.1. The molecule has 3 aromatic carbocycles. The number of likely N-dealkylation sites (tertiary alicyclic amines) is 1. The van der Waals surface area contributed by atoms with Crippen molar-refractivity contribution in [1.82, 2.24) is 20.1 Å². The van der Waals surface area contributed by atoms with E-state index in [2.05, 4.69) is 31.1 Å². The van der Waals surface area contributed by atoms with E-state index < -0.39 is 10.8 Å². The molecule has 3 heterocycles. The van der Waals surface area contributed by atoms with Gasteiger partial charge in [0.15, 0.2) is 0 Å². The number of benzene rings is 3. The van der Waals surface area contributed by atoms with Crippen molar-refractivity contribution in [3.05, 3.63) is 99.1 Å². The normalized spacial score (nSPS) is 21.0. The highest BCUT2D eigenvalue weighted by Gasteiger charge is 2.58. The highest BCUT2D eigenvalue weighted by Crippen LogP contribution is 2.54. The first-order valence-electron chi connectivity index (χ1n) is 14.5. The van der Waals surface area contributed by atoms with Crippen molar-refractivity contribution in [1.29, 1.82) is 0 Å².